The molecule has 2 rings (SSSR count). The lowest BCUT2D eigenvalue weighted by molar-refractivity contribution is 0.864. The summed E-state index contributed by atoms with van der Waals surface area (Å²) in [7, 11) is 0. The largest absolute Gasteiger partial charge is 0.370 e. The van der Waals surface area contributed by atoms with Crippen LogP contribution < -0.4 is 5.32 Å². The SMILES string of the molecule is CCCc1c(Cc2cccnc2)ncnc1NCC. The summed E-state index contributed by atoms with van der Waals surface area (Å²) >= 11 is 0. The van der Waals surface area contributed by atoms with Gasteiger partial charge in [-0.1, -0.05) is 19.4 Å². The van der Waals surface area contributed by atoms with Crippen LogP contribution in [-0.2, 0) is 12.8 Å². The molecule has 0 amide bonds. The number of nitrogens with zero attached hydrogens (tertiary/aromatic N) is 3. The molecule has 0 bridgehead atoms. The van der Waals surface area contributed by atoms with Gasteiger partial charge in [-0.15, -0.1) is 0 Å². The minimum absolute atomic E-state index is 0.810. The third-order valence-electron chi connectivity index (χ3n) is 2.97. The fourth-order valence-corrected chi connectivity index (χ4v) is 2.13. The van der Waals surface area contributed by atoms with Crippen LogP contribution in [0.4, 0.5) is 5.82 Å². The molecule has 0 radical (unpaired) electrons. The van der Waals surface area contributed by atoms with E-state index >= 15 is 0 Å². The van der Waals surface area contributed by atoms with E-state index in [2.05, 4.69) is 40.2 Å². The van der Waals surface area contributed by atoms with Crippen molar-refractivity contribution in [3.63, 3.8) is 0 Å². The van der Waals surface area contributed by atoms with Gasteiger partial charge in [0, 0.05) is 30.9 Å². The van der Waals surface area contributed by atoms with Gasteiger partial charge in [0.2, 0.25) is 0 Å². The fourth-order valence-electron chi connectivity index (χ4n) is 2.13. The molecule has 4 heteroatoms. The molecule has 19 heavy (non-hydrogen) atoms. The molecule has 1 N–H and O–H groups in total. The molecule has 0 fully saturated rings. The summed E-state index contributed by atoms with van der Waals surface area (Å²) in [5.74, 6) is 0.971. The number of hydrogen-bond donors (Lipinski definition) is 1. The average Bonchev–Trinajstić information content (AvgIpc) is 2.44. The summed E-state index contributed by atoms with van der Waals surface area (Å²) in [5.41, 5.74) is 3.51. The maximum atomic E-state index is 4.46. The zero-order valence-electron chi connectivity index (χ0n) is 11.6. The van der Waals surface area contributed by atoms with E-state index in [4.69, 9.17) is 0 Å². The van der Waals surface area contributed by atoms with Crippen LogP contribution >= 0.6 is 0 Å². The molecule has 0 spiro atoms. The molecule has 2 heterocycles. The number of nitrogens with one attached hydrogen (secondary N) is 1. The van der Waals surface area contributed by atoms with Gasteiger partial charge in [0.05, 0.1) is 5.69 Å². The van der Waals surface area contributed by atoms with Crippen LogP contribution in [0.15, 0.2) is 30.9 Å². The van der Waals surface area contributed by atoms with Crippen LogP contribution in [-0.4, -0.2) is 21.5 Å². The van der Waals surface area contributed by atoms with E-state index in [9.17, 15) is 0 Å². The Morgan fingerprint density at radius 1 is 1.21 bits per heavy atom. The second-order valence-corrected chi connectivity index (χ2v) is 4.47. The third kappa shape index (κ3) is 3.50. The zero-order valence-corrected chi connectivity index (χ0v) is 11.6. The first-order valence-electron chi connectivity index (χ1n) is 6.80. The Morgan fingerprint density at radius 2 is 2.11 bits per heavy atom. The lowest BCUT2D eigenvalue weighted by Crippen LogP contribution is -2.08. The highest BCUT2D eigenvalue weighted by molar-refractivity contribution is 5.47. The van der Waals surface area contributed by atoms with E-state index in [1.54, 1.807) is 12.5 Å². The number of anilines is 1. The van der Waals surface area contributed by atoms with Crippen LogP contribution in [0.25, 0.3) is 0 Å². The van der Waals surface area contributed by atoms with Crippen LogP contribution in [0.3, 0.4) is 0 Å². The summed E-state index contributed by atoms with van der Waals surface area (Å²) in [4.78, 5) is 13.0. The van der Waals surface area contributed by atoms with Crippen molar-refractivity contribution in [3.05, 3.63) is 47.7 Å². The van der Waals surface area contributed by atoms with Crippen molar-refractivity contribution >= 4 is 5.82 Å². The van der Waals surface area contributed by atoms with Crippen molar-refractivity contribution in [2.75, 3.05) is 11.9 Å². The maximum Gasteiger partial charge on any atom is 0.132 e. The van der Waals surface area contributed by atoms with Gasteiger partial charge in [-0.2, -0.15) is 0 Å². The molecular formula is C15H20N4. The molecule has 0 unspecified atom stereocenters. The number of rotatable bonds is 6. The number of hydrogen-bond acceptors (Lipinski definition) is 4. The molecule has 4 nitrogen and oxygen atoms in total. The van der Waals surface area contributed by atoms with Gasteiger partial charge in [0.15, 0.2) is 0 Å². The molecule has 0 aliphatic heterocycles. The van der Waals surface area contributed by atoms with E-state index in [0.29, 0.717) is 0 Å². The molecule has 100 valence electrons. The molecule has 0 aliphatic rings. The van der Waals surface area contributed by atoms with E-state index in [1.165, 1.54) is 11.1 Å². The minimum Gasteiger partial charge on any atom is -0.370 e. The minimum atomic E-state index is 0.810. The van der Waals surface area contributed by atoms with E-state index in [0.717, 1.165) is 37.3 Å². The summed E-state index contributed by atoms with van der Waals surface area (Å²) < 4.78 is 0. The van der Waals surface area contributed by atoms with Gasteiger partial charge in [0.25, 0.3) is 0 Å². The Bertz CT molecular complexity index is 511. The first-order chi connectivity index (χ1) is 9.35. The Morgan fingerprint density at radius 3 is 2.79 bits per heavy atom. The average molecular weight is 256 g/mol. The number of aromatic nitrogens is 3. The van der Waals surface area contributed by atoms with Gasteiger partial charge in [-0.25, -0.2) is 9.97 Å². The predicted octanol–water partition coefficient (Wildman–Crippen LogP) is 2.85. The van der Waals surface area contributed by atoms with Gasteiger partial charge >= 0.3 is 0 Å². The van der Waals surface area contributed by atoms with Crippen molar-refractivity contribution in [3.8, 4) is 0 Å². The van der Waals surface area contributed by atoms with Gasteiger partial charge in [-0.3, -0.25) is 4.98 Å². The Kier molecular flexibility index (Phi) is 4.84. The maximum absolute atomic E-state index is 4.46. The fraction of sp³-hybridized carbons (Fsp3) is 0.400. The third-order valence-corrected chi connectivity index (χ3v) is 2.97. The number of pyridine rings is 1. The second-order valence-electron chi connectivity index (χ2n) is 4.47. The van der Waals surface area contributed by atoms with Gasteiger partial charge in [0.1, 0.15) is 12.1 Å². The predicted molar refractivity (Wildman–Crippen MR) is 77.2 cm³/mol. The standard InChI is InChI=1S/C15H20N4/c1-3-6-13-14(9-12-7-5-8-16-10-12)18-11-19-15(13)17-4-2/h5,7-8,10-11H,3-4,6,9H2,1-2H3,(H,17,18,19). The van der Waals surface area contributed by atoms with Crippen LogP contribution in [0, 0.1) is 0 Å². The molecule has 0 aromatic carbocycles. The van der Waals surface area contributed by atoms with Crippen LogP contribution in [0.5, 0.6) is 0 Å². The smallest absolute Gasteiger partial charge is 0.132 e. The van der Waals surface area contributed by atoms with Crippen molar-refractivity contribution in [1.82, 2.24) is 15.0 Å². The first kappa shape index (κ1) is 13.5. The van der Waals surface area contributed by atoms with Crippen molar-refractivity contribution < 1.29 is 0 Å². The summed E-state index contributed by atoms with van der Waals surface area (Å²) in [6.07, 6.45) is 8.22. The van der Waals surface area contributed by atoms with E-state index in [-0.39, 0.29) is 0 Å². The highest BCUT2D eigenvalue weighted by atomic mass is 15.0. The molecular weight excluding hydrogens is 236 g/mol. The lowest BCUT2D eigenvalue weighted by Gasteiger charge is -2.13. The van der Waals surface area contributed by atoms with Crippen LogP contribution in [0.1, 0.15) is 37.1 Å². The van der Waals surface area contributed by atoms with E-state index in [1.807, 2.05) is 12.3 Å². The van der Waals surface area contributed by atoms with E-state index < -0.39 is 0 Å². The molecule has 0 saturated carbocycles. The summed E-state index contributed by atoms with van der Waals surface area (Å²) in [6, 6.07) is 4.04. The highest BCUT2D eigenvalue weighted by Crippen LogP contribution is 2.19. The quantitative estimate of drug-likeness (QED) is 0.863. The topological polar surface area (TPSA) is 50.7 Å². The monoisotopic (exact) mass is 256 g/mol. The second kappa shape index (κ2) is 6.83. The Labute approximate surface area is 114 Å². The summed E-state index contributed by atoms with van der Waals surface area (Å²) in [5, 5.41) is 3.32. The molecule has 2 aromatic heterocycles. The zero-order chi connectivity index (χ0) is 13.5. The molecule has 2 aromatic rings. The Balaban J connectivity index is 2.30. The van der Waals surface area contributed by atoms with Crippen molar-refractivity contribution in [2.45, 2.75) is 33.1 Å². The molecule has 0 saturated heterocycles. The normalized spacial score (nSPS) is 10.4. The van der Waals surface area contributed by atoms with Crippen molar-refractivity contribution in [2.24, 2.45) is 0 Å². The molecule has 0 aliphatic carbocycles. The molecule has 0 atom stereocenters. The Hall–Kier alpha value is -1.97. The highest BCUT2D eigenvalue weighted by Gasteiger charge is 2.10. The lowest BCUT2D eigenvalue weighted by atomic mass is 10.0. The van der Waals surface area contributed by atoms with Crippen molar-refractivity contribution in [1.29, 1.82) is 0 Å². The van der Waals surface area contributed by atoms with Gasteiger partial charge < -0.3 is 5.32 Å². The van der Waals surface area contributed by atoms with Crippen LogP contribution in [0.2, 0.25) is 0 Å². The first-order valence-corrected chi connectivity index (χ1v) is 6.80. The summed E-state index contributed by atoms with van der Waals surface area (Å²) in [6.45, 7) is 5.13. The van der Waals surface area contributed by atoms with Gasteiger partial charge in [-0.05, 0) is 25.0 Å².